The first-order chi connectivity index (χ1) is 13.3. The van der Waals surface area contributed by atoms with Crippen LogP contribution in [-0.2, 0) is 31.4 Å². The third kappa shape index (κ3) is 3.45. The zero-order valence-corrected chi connectivity index (χ0v) is 16.5. The van der Waals surface area contributed by atoms with Gasteiger partial charge in [0.25, 0.3) is 0 Å². The highest BCUT2D eigenvalue weighted by Gasteiger charge is 2.35. The zero-order valence-electron chi connectivity index (χ0n) is 15.6. The van der Waals surface area contributed by atoms with Gasteiger partial charge >= 0.3 is 0 Å². The number of carbonyl (C=O) groups excluding carboxylic acids is 1. The molecule has 28 heavy (non-hydrogen) atoms. The second kappa shape index (κ2) is 6.99. The highest BCUT2D eigenvalue weighted by molar-refractivity contribution is 7.91. The van der Waals surface area contributed by atoms with Gasteiger partial charge < -0.3 is 15.2 Å². The number of hydrogen-bond acceptors (Lipinski definition) is 5. The average Bonchev–Trinajstić information content (AvgIpc) is 2.67. The molecule has 0 saturated carbocycles. The fourth-order valence-corrected chi connectivity index (χ4v) is 5.30. The molecule has 1 saturated heterocycles. The van der Waals surface area contributed by atoms with Gasteiger partial charge in [-0.2, -0.15) is 0 Å². The molecule has 0 aromatic heterocycles. The van der Waals surface area contributed by atoms with E-state index in [0.29, 0.717) is 43.5 Å². The van der Waals surface area contributed by atoms with Gasteiger partial charge in [-0.3, -0.25) is 4.79 Å². The van der Waals surface area contributed by atoms with Crippen molar-refractivity contribution in [1.82, 2.24) is 0 Å². The number of fused-ring (bicyclic) bond motifs is 1. The van der Waals surface area contributed by atoms with Crippen molar-refractivity contribution in [3.63, 3.8) is 0 Å². The van der Waals surface area contributed by atoms with E-state index in [1.807, 2.05) is 6.92 Å². The van der Waals surface area contributed by atoms with Crippen molar-refractivity contribution in [2.45, 2.75) is 54.1 Å². The van der Waals surface area contributed by atoms with Gasteiger partial charge in [0.1, 0.15) is 0 Å². The summed E-state index contributed by atoms with van der Waals surface area (Å²) in [6.45, 7) is 2.34. The Kier molecular flexibility index (Phi) is 4.77. The molecular formula is C21H23NO5S. The lowest BCUT2D eigenvalue weighted by molar-refractivity contribution is -0.116. The van der Waals surface area contributed by atoms with E-state index in [-0.39, 0.29) is 21.8 Å². The molecule has 4 rings (SSSR count). The predicted octanol–water partition coefficient (Wildman–Crippen LogP) is 2.79. The van der Waals surface area contributed by atoms with Gasteiger partial charge in [-0.05, 0) is 54.8 Å². The van der Waals surface area contributed by atoms with Crippen molar-refractivity contribution in [3.8, 4) is 0 Å². The fourth-order valence-electron chi connectivity index (χ4n) is 3.94. The molecule has 2 aromatic carbocycles. The molecule has 2 aliphatic heterocycles. The number of aryl methyl sites for hydroxylation is 1. The highest BCUT2D eigenvalue weighted by atomic mass is 32.2. The maximum absolute atomic E-state index is 13.2. The third-order valence-corrected chi connectivity index (χ3v) is 7.26. The van der Waals surface area contributed by atoms with Crippen LogP contribution in [-0.4, -0.2) is 32.1 Å². The zero-order chi connectivity index (χ0) is 19.9. The summed E-state index contributed by atoms with van der Waals surface area (Å²) in [5, 5.41) is 13.8. The van der Waals surface area contributed by atoms with Crippen LogP contribution < -0.4 is 5.32 Å². The molecule has 2 aliphatic rings. The normalized spacial score (nSPS) is 25.1. The van der Waals surface area contributed by atoms with Crippen LogP contribution >= 0.6 is 0 Å². The SMILES string of the molecule is C[C@H]1C[C@@](O)(c2cccc(S(=O)(=O)c3ccc4c(c3)CCC(=O)N4)c2)CCO1. The topological polar surface area (TPSA) is 92.7 Å². The molecule has 0 radical (unpaired) electrons. The number of hydrogen-bond donors (Lipinski definition) is 2. The second-order valence-corrected chi connectivity index (χ2v) is 9.52. The lowest BCUT2D eigenvalue weighted by Gasteiger charge is -2.36. The summed E-state index contributed by atoms with van der Waals surface area (Å²) in [6.07, 6.45) is 1.63. The van der Waals surface area contributed by atoms with Crippen LogP contribution in [0.15, 0.2) is 52.3 Å². The maximum Gasteiger partial charge on any atom is 0.224 e. The molecule has 0 spiro atoms. The number of nitrogens with one attached hydrogen (secondary N) is 1. The first-order valence-corrected chi connectivity index (χ1v) is 10.9. The molecule has 2 atom stereocenters. The average molecular weight is 401 g/mol. The molecule has 2 heterocycles. The number of carbonyl (C=O) groups is 1. The monoisotopic (exact) mass is 401 g/mol. The van der Waals surface area contributed by atoms with Crippen molar-refractivity contribution in [1.29, 1.82) is 0 Å². The standard InChI is InChI=1S/C21H23NO5S/c1-14-13-21(24,9-10-27-14)16-3-2-4-17(12-16)28(25,26)18-6-7-19-15(11-18)5-8-20(23)22-19/h2-4,6-7,11-12,14,24H,5,8-10,13H2,1H3,(H,22,23)/t14-,21+/m0/s1. The summed E-state index contributed by atoms with van der Waals surface area (Å²) in [4.78, 5) is 11.8. The summed E-state index contributed by atoms with van der Waals surface area (Å²) < 4.78 is 31.9. The molecule has 7 heteroatoms. The Morgan fingerprint density at radius 1 is 1.14 bits per heavy atom. The predicted molar refractivity (Wildman–Crippen MR) is 104 cm³/mol. The van der Waals surface area contributed by atoms with E-state index in [1.54, 1.807) is 36.4 Å². The molecule has 0 unspecified atom stereocenters. The molecule has 148 valence electrons. The Morgan fingerprint density at radius 2 is 1.93 bits per heavy atom. The Labute approximate surface area is 164 Å². The largest absolute Gasteiger partial charge is 0.385 e. The molecule has 2 N–H and O–H groups in total. The minimum Gasteiger partial charge on any atom is -0.385 e. The number of ether oxygens (including phenoxy) is 1. The van der Waals surface area contributed by atoms with E-state index in [2.05, 4.69) is 5.32 Å². The van der Waals surface area contributed by atoms with Crippen molar-refractivity contribution >= 4 is 21.4 Å². The Bertz CT molecular complexity index is 1030. The van der Waals surface area contributed by atoms with E-state index >= 15 is 0 Å². The lowest BCUT2D eigenvalue weighted by Crippen LogP contribution is -2.37. The highest BCUT2D eigenvalue weighted by Crippen LogP contribution is 2.36. The smallest absolute Gasteiger partial charge is 0.224 e. The van der Waals surface area contributed by atoms with Crippen molar-refractivity contribution in [2.75, 3.05) is 11.9 Å². The summed E-state index contributed by atoms with van der Waals surface area (Å²) in [7, 11) is -3.74. The van der Waals surface area contributed by atoms with Gasteiger partial charge in [-0.1, -0.05) is 12.1 Å². The Balaban J connectivity index is 1.70. The molecule has 2 aromatic rings. The first-order valence-electron chi connectivity index (χ1n) is 9.40. The van der Waals surface area contributed by atoms with Crippen molar-refractivity contribution in [2.24, 2.45) is 0 Å². The van der Waals surface area contributed by atoms with E-state index in [4.69, 9.17) is 4.74 Å². The van der Waals surface area contributed by atoms with Crippen LogP contribution in [0.25, 0.3) is 0 Å². The van der Waals surface area contributed by atoms with E-state index < -0.39 is 15.4 Å². The van der Waals surface area contributed by atoms with Crippen LogP contribution in [0.2, 0.25) is 0 Å². The van der Waals surface area contributed by atoms with Crippen LogP contribution in [0.5, 0.6) is 0 Å². The summed E-state index contributed by atoms with van der Waals surface area (Å²) in [6, 6.07) is 11.3. The van der Waals surface area contributed by atoms with Crippen LogP contribution in [0.1, 0.15) is 37.3 Å². The number of anilines is 1. The van der Waals surface area contributed by atoms with Gasteiger partial charge in [-0.25, -0.2) is 8.42 Å². The number of aliphatic hydroxyl groups is 1. The van der Waals surface area contributed by atoms with Gasteiger partial charge in [0.15, 0.2) is 0 Å². The molecule has 6 nitrogen and oxygen atoms in total. The maximum atomic E-state index is 13.2. The number of amides is 1. The van der Waals surface area contributed by atoms with Crippen molar-refractivity contribution in [3.05, 3.63) is 53.6 Å². The van der Waals surface area contributed by atoms with Crippen LogP contribution in [0.4, 0.5) is 5.69 Å². The van der Waals surface area contributed by atoms with E-state index in [1.165, 1.54) is 6.07 Å². The molecular weight excluding hydrogens is 378 g/mol. The summed E-state index contributed by atoms with van der Waals surface area (Å²) in [5.41, 5.74) is 0.973. The lowest BCUT2D eigenvalue weighted by atomic mass is 9.84. The first kappa shape index (κ1) is 19.1. The number of sulfone groups is 1. The van der Waals surface area contributed by atoms with E-state index in [0.717, 1.165) is 5.56 Å². The summed E-state index contributed by atoms with van der Waals surface area (Å²) in [5.74, 6) is -0.0604. The fraction of sp³-hybridized carbons (Fsp3) is 0.381. The minimum absolute atomic E-state index is 0.0604. The number of rotatable bonds is 3. The Hall–Kier alpha value is -2.22. The Morgan fingerprint density at radius 3 is 2.71 bits per heavy atom. The van der Waals surface area contributed by atoms with E-state index in [9.17, 15) is 18.3 Å². The van der Waals surface area contributed by atoms with Gasteiger partial charge in [0, 0.05) is 24.9 Å². The van der Waals surface area contributed by atoms with Crippen LogP contribution in [0.3, 0.4) is 0 Å². The third-order valence-electron chi connectivity index (χ3n) is 5.51. The minimum atomic E-state index is -3.74. The van der Waals surface area contributed by atoms with Gasteiger partial charge in [-0.15, -0.1) is 0 Å². The molecule has 0 bridgehead atoms. The quantitative estimate of drug-likeness (QED) is 0.825. The summed E-state index contributed by atoms with van der Waals surface area (Å²) >= 11 is 0. The van der Waals surface area contributed by atoms with Crippen LogP contribution in [0, 0.1) is 0 Å². The van der Waals surface area contributed by atoms with Gasteiger partial charge in [0.05, 0.1) is 28.1 Å². The molecule has 1 amide bonds. The van der Waals surface area contributed by atoms with Gasteiger partial charge in [0.2, 0.25) is 15.7 Å². The second-order valence-electron chi connectivity index (χ2n) is 7.57. The molecule has 1 fully saturated rings. The van der Waals surface area contributed by atoms with Crippen molar-refractivity contribution < 1.29 is 23.1 Å². The number of benzene rings is 2. The molecule has 0 aliphatic carbocycles.